The summed E-state index contributed by atoms with van der Waals surface area (Å²) < 4.78 is 5.14. The highest BCUT2D eigenvalue weighted by atomic mass is 16.3. The van der Waals surface area contributed by atoms with Gasteiger partial charge in [-0.1, -0.05) is 13.8 Å². The highest BCUT2D eigenvalue weighted by Crippen LogP contribution is 2.12. The van der Waals surface area contributed by atoms with E-state index in [4.69, 9.17) is 4.42 Å². The van der Waals surface area contributed by atoms with E-state index in [1.807, 2.05) is 6.26 Å². The van der Waals surface area contributed by atoms with Crippen molar-refractivity contribution in [1.82, 2.24) is 10.2 Å². The third-order valence-electron chi connectivity index (χ3n) is 3.60. The molecule has 0 radical (unpaired) electrons. The number of rotatable bonds is 3. The lowest BCUT2D eigenvalue weighted by Crippen LogP contribution is -2.43. The molecule has 2 heterocycles. The summed E-state index contributed by atoms with van der Waals surface area (Å²) in [6.07, 6.45) is 6.10. The van der Waals surface area contributed by atoms with Gasteiger partial charge in [0.25, 0.3) is 0 Å². The predicted octanol–water partition coefficient (Wildman–Crippen LogP) is 2.49. The van der Waals surface area contributed by atoms with E-state index in [1.165, 1.54) is 31.5 Å². The van der Waals surface area contributed by atoms with Crippen molar-refractivity contribution < 1.29 is 4.42 Å². The number of furan rings is 1. The largest absolute Gasteiger partial charge is 0.472 e. The molecule has 0 bridgehead atoms. The maximum atomic E-state index is 5.14. The minimum atomic E-state index is 0.685. The summed E-state index contributed by atoms with van der Waals surface area (Å²) in [5.41, 5.74) is 1.29. The number of nitrogens with one attached hydrogen (secondary N) is 1. The molecule has 1 aromatic rings. The Bertz CT molecular complexity index is 310. The molecule has 0 aliphatic carbocycles. The smallest absolute Gasteiger partial charge is 0.0947 e. The van der Waals surface area contributed by atoms with Gasteiger partial charge in [0.05, 0.1) is 12.5 Å². The molecule has 1 aliphatic rings. The van der Waals surface area contributed by atoms with Crippen molar-refractivity contribution in [3.05, 3.63) is 24.2 Å². The van der Waals surface area contributed by atoms with Crippen molar-refractivity contribution in [2.75, 3.05) is 19.6 Å². The minimum absolute atomic E-state index is 0.685. The minimum Gasteiger partial charge on any atom is -0.472 e. The molecule has 2 rings (SSSR count). The zero-order chi connectivity index (χ0) is 12.1. The highest BCUT2D eigenvalue weighted by Gasteiger charge is 2.17. The Kier molecular flexibility index (Phi) is 4.63. The van der Waals surface area contributed by atoms with Crippen LogP contribution in [0.2, 0.25) is 0 Å². The van der Waals surface area contributed by atoms with Crippen LogP contribution < -0.4 is 5.32 Å². The van der Waals surface area contributed by atoms with E-state index in [-0.39, 0.29) is 0 Å². The second-order valence-corrected chi connectivity index (χ2v) is 5.27. The molecule has 96 valence electrons. The van der Waals surface area contributed by atoms with E-state index in [0.717, 1.165) is 19.0 Å². The quantitative estimate of drug-likeness (QED) is 0.874. The third kappa shape index (κ3) is 3.86. The first kappa shape index (κ1) is 12.7. The SMILES string of the molecule is CCC1CCN(Cc2ccoc2)CC(C)CN1. The fourth-order valence-corrected chi connectivity index (χ4v) is 2.54. The van der Waals surface area contributed by atoms with Crippen LogP contribution in [0.5, 0.6) is 0 Å². The van der Waals surface area contributed by atoms with E-state index in [9.17, 15) is 0 Å². The fourth-order valence-electron chi connectivity index (χ4n) is 2.54. The Labute approximate surface area is 104 Å². The second-order valence-electron chi connectivity index (χ2n) is 5.27. The van der Waals surface area contributed by atoms with Crippen LogP contribution in [0.4, 0.5) is 0 Å². The Morgan fingerprint density at radius 3 is 3.12 bits per heavy atom. The van der Waals surface area contributed by atoms with Gasteiger partial charge in [-0.3, -0.25) is 4.90 Å². The summed E-state index contributed by atoms with van der Waals surface area (Å²) >= 11 is 0. The lowest BCUT2D eigenvalue weighted by molar-refractivity contribution is 0.190. The van der Waals surface area contributed by atoms with Gasteiger partial charge in [-0.15, -0.1) is 0 Å². The molecule has 1 aliphatic heterocycles. The fraction of sp³-hybridized carbons (Fsp3) is 0.714. The van der Waals surface area contributed by atoms with Crippen molar-refractivity contribution in [3.8, 4) is 0 Å². The number of hydrogen-bond donors (Lipinski definition) is 1. The topological polar surface area (TPSA) is 28.4 Å². The van der Waals surface area contributed by atoms with Gasteiger partial charge >= 0.3 is 0 Å². The van der Waals surface area contributed by atoms with E-state index in [0.29, 0.717) is 6.04 Å². The van der Waals surface area contributed by atoms with E-state index in [2.05, 4.69) is 30.1 Å². The van der Waals surface area contributed by atoms with E-state index < -0.39 is 0 Å². The first-order valence-electron chi connectivity index (χ1n) is 6.74. The van der Waals surface area contributed by atoms with Crippen LogP contribution in [0, 0.1) is 5.92 Å². The summed E-state index contributed by atoms with van der Waals surface area (Å²) in [4.78, 5) is 2.55. The zero-order valence-corrected chi connectivity index (χ0v) is 11.0. The van der Waals surface area contributed by atoms with Gasteiger partial charge in [-0.25, -0.2) is 0 Å². The molecule has 1 fully saturated rings. The molecular formula is C14H24N2O. The van der Waals surface area contributed by atoms with Gasteiger partial charge in [0.2, 0.25) is 0 Å². The number of nitrogens with zero attached hydrogens (tertiary/aromatic N) is 1. The monoisotopic (exact) mass is 236 g/mol. The average molecular weight is 236 g/mol. The van der Waals surface area contributed by atoms with Crippen LogP contribution >= 0.6 is 0 Å². The summed E-state index contributed by atoms with van der Waals surface area (Å²) in [6.45, 7) is 9.12. The van der Waals surface area contributed by atoms with Gasteiger partial charge in [-0.05, 0) is 37.9 Å². The van der Waals surface area contributed by atoms with Crippen molar-refractivity contribution >= 4 is 0 Å². The van der Waals surface area contributed by atoms with Crippen molar-refractivity contribution in [2.24, 2.45) is 5.92 Å². The van der Waals surface area contributed by atoms with Crippen molar-refractivity contribution in [2.45, 2.75) is 39.3 Å². The first-order valence-corrected chi connectivity index (χ1v) is 6.74. The summed E-state index contributed by atoms with van der Waals surface area (Å²) in [6, 6.07) is 2.75. The average Bonchev–Trinajstić information content (AvgIpc) is 2.79. The Balaban J connectivity index is 1.91. The van der Waals surface area contributed by atoms with Crippen molar-refractivity contribution in [1.29, 1.82) is 0 Å². The standard InChI is InChI=1S/C14H24N2O/c1-3-14-4-6-16(9-12(2)8-15-14)10-13-5-7-17-11-13/h5,7,11-12,14-15H,3-4,6,8-10H2,1-2H3. The van der Waals surface area contributed by atoms with Gasteiger partial charge < -0.3 is 9.73 Å². The summed E-state index contributed by atoms with van der Waals surface area (Å²) in [7, 11) is 0. The maximum absolute atomic E-state index is 5.14. The molecule has 1 N–H and O–H groups in total. The van der Waals surface area contributed by atoms with E-state index in [1.54, 1.807) is 6.26 Å². The van der Waals surface area contributed by atoms with Crippen LogP contribution in [-0.2, 0) is 6.54 Å². The highest BCUT2D eigenvalue weighted by molar-refractivity contribution is 5.05. The van der Waals surface area contributed by atoms with Gasteiger partial charge in [-0.2, -0.15) is 0 Å². The van der Waals surface area contributed by atoms with Crippen LogP contribution in [0.3, 0.4) is 0 Å². The molecule has 17 heavy (non-hydrogen) atoms. The molecule has 2 unspecified atom stereocenters. The molecular weight excluding hydrogens is 212 g/mol. The van der Waals surface area contributed by atoms with Crippen molar-refractivity contribution in [3.63, 3.8) is 0 Å². The molecule has 3 heteroatoms. The number of hydrogen-bond acceptors (Lipinski definition) is 3. The first-order chi connectivity index (χ1) is 8.28. The summed E-state index contributed by atoms with van der Waals surface area (Å²) in [5.74, 6) is 0.719. The van der Waals surface area contributed by atoms with E-state index >= 15 is 0 Å². The Morgan fingerprint density at radius 1 is 1.53 bits per heavy atom. The Morgan fingerprint density at radius 2 is 2.41 bits per heavy atom. The second kappa shape index (κ2) is 6.22. The lowest BCUT2D eigenvalue weighted by atomic mass is 10.0. The molecule has 0 saturated carbocycles. The van der Waals surface area contributed by atoms with Crippen LogP contribution in [-0.4, -0.2) is 30.6 Å². The predicted molar refractivity (Wildman–Crippen MR) is 69.8 cm³/mol. The third-order valence-corrected chi connectivity index (χ3v) is 3.60. The molecule has 0 spiro atoms. The van der Waals surface area contributed by atoms with Crippen LogP contribution in [0.15, 0.2) is 23.0 Å². The normalized spacial score (nSPS) is 27.6. The van der Waals surface area contributed by atoms with Gasteiger partial charge in [0.1, 0.15) is 0 Å². The van der Waals surface area contributed by atoms with Crippen LogP contribution in [0.25, 0.3) is 0 Å². The molecule has 0 amide bonds. The molecule has 0 aromatic carbocycles. The molecule has 3 nitrogen and oxygen atoms in total. The molecule has 1 aromatic heterocycles. The zero-order valence-electron chi connectivity index (χ0n) is 11.0. The summed E-state index contributed by atoms with van der Waals surface area (Å²) in [5, 5.41) is 3.66. The molecule has 1 saturated heterocycles. The van der Waals surface area contributed by atoms with Crippen LogP contribution in [0.1, 0.15) is 32.3 Å². The lowest BCUT2D eigenvalue weighted by Gasteiger charge is -2.31. The van der Waals surface area contributed by atoms with Gasteiger partial charge in [0, 0.05) is 24.7 Å². The maximum Gasteiger partial charge on any atom is 0.0947 e. The Hall–Kier alpha value is -0.800. The molecule has 2 atom stereocenters. The van der Waals surface area contributed by atoms with Gasteiger partial charge in [0.15, 0.2) is 0 Å².